The molecule has 9 nitrogen and oxygen atoms in total. The fraction of sp³-hybridized carbons (Fsp3) is 0.105. The van der Waals surface area contributed by atoms with Crippen molar-refractivity contribution in [3.63, 3.8) is 0 Å². The molecule has 3 N–H and O–H groups in total. The number of hydrogen-bond donors (Lipinski definition) is 3. The summed E-state index contributed by atoms with van der Waals surface area (Å²) in [5.74, 6) is 0. The number of nitrogens with zero attached hydrogens (tertiary/aromatic N) is 2. The maximum absolute atomic E-state index is 12.5. The largest absolute Gasteiger partial charge is 0.326 e. The van der Waals surface area contributed by atoms with E-state index in [-0.39, 0.29) is 22.3 Å². The fourth-order valence-electron chi connectivity index (χ4n) is 2.96. The van der Waals surface area contributed by atoms with Crippen molar-refractivity contribution in [1.29, 1.82) is 0 Å². The van der Waals surface area contributed by atoms with Crippen molar-refractivity contribution in [2.75, 3.05) is 6.54 Å². The van der Waals surface area contributed by atoms with Crippen LogP contribution in [0.4, 0.5) is 0 Å². The Bertz CT molecular complexity index is 1370. The van der Waals surface area contributed by atoms with E-state index in [1.807, 2.05) is 36.5 Å². The lowest BCUT2D eigenvalue weighted by Crippen LogP contribution is -2.27. The lowest BCUT2D eigenvalue weighted by Gasteiger charge is -2.08. The van der Waals surface area contributed by atoms with Crippen molar-refractivity contribution in [2.45, 2.75) is 11.3 Å². The zero-order valence-corrected chi connectivity index (χ0v) is 15.9. The van der Waals surface area contributed by atoms with E-state index in [4.69, 9.17) is 0 Å². The summed E-state index contributed by atoms with van der Waals surface area (Å²) < 4.78 is 29.4. The Morgan fingerprint density at radius 2 is 1.83 bits per heavy atom. The summed E-state index contributed by atoms with van der Waals surface area (Å²) in [5, 5.41) is 4.26. The molecule has 0 spiro atoms. The molecule has 0 saturated heterocycles. The van der Waals surface area contributed by atoms with Gasteiger partial charge in [0.25, 0.3) is 5.56 Å². The van der Waals surface area contributed by atoms with Gasteiger partial charge >= 0.3 is 5.69 Å². The maximum atomic E-state index is 12.5. The molecule has 0 unspecified atom stereocenters. The third-order valence-electron chi connectivity index (χ3n) is 4.43. The van der Waals surface area contributed by atoms with Crippen molar-refractivity contribution in [2.24, 2.45) is 0 Å². The molecule has 0 fully saturated rings. The first-order valence-corrected chi connectivity index (χ1v) is 10.3. The van der Waals surface area contributed by atoms with Gasteiger partial charge in [-0.3, -0.25) is 9.78 Å². The highest BCUT2D eigenvalue weighted by molar-refractivity contribution is 7.89. The third-order valence-corrected chi connectivity index (χ3v) is 5.89. The highest BCUT2D eigenvalue weighted by Gasteiger charge is 2.15. The number of H-pyrrole nitrogens is 2. The van der Waals surface area contributed by atoms with E-state index in [9.17, 15) is 18.0 Å². The Hall–Kier alpha value is -3.50. The molecule has 0 radical (unpaired) electrons. The van der Waals surface area contributed by atoms with E-state index in [2.05, 4.69) is 19.8 Å². The van der Waals surface area contributed by atoms with Crippen molar-refractivity contribution in [3.05, 3.63) is 87.3 Å². The van der Waals surface area contributed by atoms with Gasteiger partial charge in [-0.15, -0.1) is 0 Å². The standard InChI is InChI=1S/C19H17N5O4S/c25-18-16-12-15(6-7-17(16)22-19(26)23-18)29(27,28)21-10-8-13-2-4-14(5-3-13)24-11-1-9-20-24/h1-7,9,11-12,21H,8,10H2,(H2,22,23,25,26). The van der Waals surface area contributed by atoms with Gasteiger partial charge in [-0.25, -0.2) is 22.6 Å². The van der Waals surface area contributed by atoms with E-state index in [0.717, 1.165) is 11.3 Å². The number of aromatic nitrogens is 4. The summed E-state index contributed by atoms with van der Waals surface area (Å²) >= 11 is 0. The second-order valence-electron chi connectivity index (χ2n) is 6.38. The summed E-state index contributed by atoms with van der Waals surface area (Å²) in [6.07, 6.45) is 4.04. The minimum absolute atomic E-state index is 0.0448. The molecular weight excluding hydrogens is 394 g/mol. The van der Waals surface area contributed by atoms with Crippen LogP contribution in [0.1, 0.15) is 5.56 Å². The zero-order valence-electron chi connectivity index (χ0n) is 15.1. The van der Waals surface area contributed by atoms with Gasteiger partial charge in [-0.05, 0) is 48.4 Å². The normalized spacial score (nSPS) is 11.7. The van der Waals surface area contributed by atoms with Gasteiger partial charge in [0, 0.05) is 18.9 Å². The SMILES string of the molecule is O=c1[nH]c(=O)c2cc(S(=O)(=O)NCCc3ccc(-n4cccn4)cc3)ccc2[nH]1. The van der Waals surface area contributed by atoms with Gasteiger partial charge in [0.05, 0.1) is 21.5 Å². The molecule has 148 valence electrons. The highest BCUT2D eigenvalue weighted by Crippen LogP contribution is 2.14. The molecule has 0 bridgehead atoms. The molecule has 0 atom stereocenters. The van der Waals surface area contributed by atoms with Gasteiger partial charge < -0.3 is 4.98 Å². The van der Waals surface area contributed by atoms with Crippen molar-refractivity contribution in [1.82, 2.24) is 24.5 Å². The minimum atomic E-state index is -3.80. The van der Waals surface area contributed by atoms with Crippen LogP contribution in [-0.2, 0) is 16.4 Å². The minimum Gasteiger partial charge on any atom is -0.307 e. The van der Waals surface area contributed by atoms with Gasteiger partial charge in [-0.1, -0.05) is 12.1 Å². The molecule has 10 heteroatoms. The van der Waals surface area contributed by atoms with Crippen LogP contribution in [0.3, 0.4) is 0 Å². The summed E-state index contributed by atoms with van der Waals surface area (Å²) in [6.45, 7) is 0.198. The van der Waals surface area contributed by atoms with Gasteiger partial charge in [0.15, 0.2) is 0 Å². The molecule has 4 rings (SSSR count). The Labute approximate surface area is 165 Å². The first-order chi connectivity index (χ1) is 13.9. The van der Waals surface area contributed by atoms with E-state index < -0.39 is 21.3 Å². The summed E-state index contributed by atoms with van der Waals surface area (Å²) in [5.41, 5.74) is 0.873. The number of benzene rings is 2. The Morgan fingerprint density at radius 1 is 1.03 bits per heavy atom. The molecule has 0 amide bonds. The number of sulfonamides is 1. The molecule has 2 aromatic heterocycles. The monoisotopic (exact) mass is 411 g/mol. The zero-order chi connectivity index (χ0) is 20.4. The maximum Gasteiger partial charge on any atom is 0.326 e. The lowest BCUT2D eigenvalue weighted by molar-refractivity contribution is 0.582. The van der Waals surface area contributed by atoms with Crippen LogP contribution < -0.4 is 16.0 Å². The van der Waals surface area contributed by atoms with Crippen LogP contribution in [0.5, 0.6) is 0 Å². The van der Waals surface area contributed by atoms with Gasteiger partial charge in [-0.2, -0.15) is 5.10 Å². The van der Waals surface area contributed by atoms with Crippen LogP contribution in [0.15, 0.2) is 75.4 Å². The van der Waals surface area contributed by atoms with Crippen LogP contribution in [0, 0.1) is 0 Å². The third kappa shape index (κ3) is 4.03. The second-order valence-corrected chi connectivity index (χ2v) is 8.15. The Morgan fingerprint density at radius 3 is 2.55 bits per heavy atom. The van der Waals surface area contributed by atoms with Crippen LogP contribution >= 0.6 is 0 Å². The average molecular weight is 411 g/mol. The molecular formula is C19H17N5O4S. The summed E-state index contributed by atoms with van der Waals surface area (Å²) in [6, 6.07) is 13.5. The first kappa shape index (κ1) is 18.8. The molecule has 0 aliphatic carbocycles. The van der Waals surface area contributed by atoms with Crippen LogP contribution in [0.25, 0.3) is 16.6 Å². The lowest BCUT2D eigenvalue weighted by atomic mass is 10.1. The Balaban J connectivity index is 1.46. The van der Waals surface area contributed by atoms with Crippen LogP contribution in [0.2, 0.25) is 0 Å². The highest BCUT2D eigenvalue weighted by atomic mass is 32.2. The molecule has 29 heavy (non-hydrogen) atoms. The number of aromatic amines is 2. The summed E-state index contributed by atoms with van der Waals surface area (Å²) in [4.78, 5) is 27.7. The number of rotatable bonds is 6. The summed E-state index contributed by atoms with van der Waals surface area (Å²) in [7, 11) is -3.80. The smallest absolute Gasteiger partial charge is 0.307 e. The molecule has 0 saturated carbocycles. The van der Waals surface area contributed by atoms with Crippen molar-refractivity contribution < 1.29 is 8.42 Å². The fourth-order valence-corrected chi connectivity index (χ4v) is 4.02. The van der Waals surface area contributed by atoms with Gasteiger partial charge in [0.1, 0.15) is 0 Å². The van der Waals surface area contributed by atoms with Crippen LogP contribution in [-0.4, -0.2) is 34.7 Å². The second kappa shape index (κ2) is 7.49. The number of hydrogen-bond acceptors (Lipinski definition) is 5. The van der Waals surface area contributed by atoms with Crippen molar-refractivity contribution >= 4 is 20.9 Å². The average Bonchev–Trinajstić information content (AvgIpc) is 3.23. The van der Waals surface area contributed by atoms with E-state index in [1.54, 1.807) is 10.9 Å². The quantitative estimate of drug-likeness (QED) is 0.434. The van der Waals surface area contributed by atoms with Crippen molar-refractivity contribution in [3.8, 4) is 5.69 Å². The predicted octanol–water partition coefficient (Wildman–Crippen LogP) is 0.923. The first-order valence-electron chi connectivity index (χ1n) is 8.77. The number of nitrogens with one attached hydrogen (secondary N) is 3. The molecule has 0 aliphatic rings. The molecule has 4 aromatic rings. The molecule has 2 heterocycles. The predicted molar refractivity (Wildman–Crippen MR) is 108 cm³/mol. The molecule has 2 aromatic carbocycles. The van der Waals surface area contributed by atoms with E-state index >= 15 is 0 Å². The molecule has 0 aliphatic heterocycles. The Kier molecular flexibility index (Phi) is 4.87. The van der Waals surface area contributed by atoms with Gasteiger partial charge in [0.2, 0.25) is 10.0 Å². The van der Waals surface area contributed by atoms with E-state index in [0.29, 0.717) is 6.42 Å². The topological polar surface area (TPSA) is 130 Å². The van der Waals surface area contributed by atoms with E-state index in [1.165, 1.54) is 18.2 Å². The number of fused-ring (bicyclic) bond motifs is 1.